The molecule has 0 spiro atoms. The topological polar surface area (TPSA) is 46.0 Å². The molecule has 5 nitrogen and oxygen atoms in total. The van der Waals surface area contributed by atoms with Crippen LogP contribution in [0.3, 0.4) is 0 Å². The summed E-state index contributed by atoms with van der Waals surface area (Å²) in [5.74, 6) is 0.974. The van der Waals surface area contributed by atoms with Crippen LogP contribution in [0, 0.1) is 6.92 Å². The maximum atomic E-state index is 4.67. The Morgan fingerprint density at radius 2 is 1.96 bits per heavy atom. The number of nitrogens with one attached hydrogen (secondary N) is 1. The van der Waals surface area contributed by atoms with Crippen LogP contribution in [-0.4, -0.2) is 45.6 Å². The molecule has 25 heavy (non-hydrogen) atoms. The minimum Gasteiger partial charge on any atom is -0.369 e. The second kappa shape index (κ2) is 7.83. The number of hydrogen-bond donors (Lipinski definition) is 1. The lowest BCUT2D eigenvalue weighted by Gasteiger charge is -2.17. The first kappa shape index (κ1) is 17.7. The largest absolute Gasteiger partial charge is 0.369 e. The SMILES string of the molecule is CCN(CC)CCCCNc1ncc(C)c2c1c1cnccc1n2C. The molecule has 0 atom stereocenters. The Kier molecular flexibility index (Phi) is 5.53. The van der Waals surface area contributed by atoms with Crippen molar-refractivity contribution in [2.24, 2.45) is 7.05 Å². The molecule has 3 rings (SSSR count). The number of hydrogen-bond acceptors (Lipinski definition) is 4. The molecular weight excluding hydrogens is 310 g/mol. The van der Waals surface area contributed by atoms with Crippen LogP contribution in [0.4, 0.5) is 5.82 Å². The molecule has 3 aromatic heterocycles. The standard InChI is InChI=1S/C20H29N5/c1-5-25(6-2)12-8-7-10-22-20-18-16-14-21-11-9-17(16)24(4)19(18)15(3)13-23-20/h9,11,13-14H,5-8,10,12H2,1-4H3,(H,22,23). The Hall–Kier alpha value is -2.14. The zero-order chi connectivity index (χ0) is 17.8. The lowest BCUT2D eigenvalue weighted by Crippen LogP contribution is -2.24. The number of fused-ring (bicyclic) bond motifs is 3. The van der Waals surface area contributed by atoms with Crippen LogP contribution in [0.15, 0.2) is 24.7 Å². The quantitative estimate of drug-likeness (QED) is 0.631. The first-order chi connectivity index (χ1) is 12.2. The monoisotopic (exact) mass is 339 g/mol. The molecule has 0 aliphatic heterocycles. The first-order valence-electron chi connectivity index (χ1n) is 9.31. The molecule has 0 unspecified atom stereocenters. The third-order valence-corrected chi connectivity index (χ3v) is 5.09. The average molecular weight is 339 g/mol. The van der Waals surface area contributed by atoms with Gasteiger partial charge in [0, 0.05) is 37.6 Å². The Morgan fingerprint density at radius 1 is 1.16 bits per heavy atom. The highest BCUT2D eigenvalue weighted by Crippen LogP contribution is 2.33. The van der Waals surface area contributed by atoms with Crippen molar-refractivity contribution in [3.05, 3.63) is 30.2 Å². The summed E-state index contributed by atoms with van der Waals surface area (Å²) in [6.45, 7) is 11.0. The Morgan fingerprint density at radius 3 is 2.72 bits per heavy atom. The van der Waals surface area contributed by atoms with Crippen LogP contribution < -0.4 is 5.32 Å². The smallest absolute Gasteiger partial charge is 0.136 e. The molecule has 1 N–H and O–H groups in total. The maximum Gasteiger partial charge on any atom is 0.136 e. The van der Waals surface area contributed by atoms with E-state index in [9.17, 15) is 0 Å². The van der Waals surface area contributed by atoms with Gasteiger partial charge in [-0.2, -0.15) is 0 Å². The molecule has 0 radical (unpaired) electrons. The molecule has 0 aliphatic rings. The molecule has 0 aliphatic carbocycles. The van der Waals surface area contributed by atoms with E-state index in [2.05, 4.69) is 58.6 Å². The molecule has 0 saturated heterocycles. The van der Waals surface area contributed by atoms with E-state index in [0.717, 1.165) is 31.9 Å². The number of anilines is 1. The fourth-order valence-electron chi connectivity index (χ4n) is 3.62. The molecule has 0 amide bonds. The first-order valence-corrected chi connectivity index (χ1v) is 9.31. The summed E-state index contributed by atoms with van der Waals surface area (Å²) in [5, 5.41) is 5.92. The van der Waals surface area contributed by atoms with Gasteiger partial charge in [0.25, 0.3) is 0 Å². The Labute approximate surface area is 150 Å². The van der Waals surface area contributed by atoms with E-state index in [1.165, 1.54) is 40.3 Å². The van der Waals surface area contributed by atoms with Gasteiger partial charge in [0.05, 0.1) is 16.4 Å². The second-order valence-electron chi connectivity index (χ2n) is 6.63. The number of unbranched alkanes of at least 4 members (excludes halogenated alkanes) is 1. The molecule has 3 heterocycles. The number of pyridine rings is 2. The summed E-state index contributed by atoms with van der Waals surface area (Å²) in [7, 11) is 2.12. The van der Waals surface area contributed by atoms with Gasteiger partial charge in [0.15, 0.2) is 0 Å². The normalized spacial score (nSPS) is 11.7. The molecule has 3 aromatic rings. The summed E-state index contributed by atoms with van der Waals surface area (Å²) < 4.78 is 2.24. The fraction of sp³-hybridized carbons (Fsp3) is 0.500. The summed E-state index contributed by atoms with van der Waals surface area (Å²) in [6, 6.07) is 2.07. The summed E-state index contributed by atoms with van der Waals surface area (Å²) in [5.41, 5.74) is 3.63. The van der Waals surface area contributed by atoms with Gasteiger partial charge in [-0.1, -0.05) is 13.8 Å². The number of aryl methyl sites for hydroxylation is 2. The highest BCUT2D eigenvalue weighted by atomic mass is 15.1. The van der Waals surface area contributed by atoms with Crippen LogP contribution in [0.2, 0.25) is 0 Å². The predicted molar refractivity (Wildman–Crippen MR) is 106 cm³/mol. The highest BCUT2D eigenvalue weighted by Gasteiger charge is 2.14. The second-order valence-corrected chi connectivity index (χ2v) is 6.63. The number of rotatable bonds is 8. The van der Waals surface area contributed by atoms with E-state index in [4.69, 9.17) is 0 Å². The number of nitrogens with zero attached hydrogens (tertiary/aromatic N) is 4. The van der Waals surface area contributed by atoms with Crippen molar-refractivity contribution in [1.29, 1.82) is 0 Å². The lowest BCUT2D eigenvalue weighted by atomic mass is 10.1. The van der Waals surface area contributed by atoms with Gasteiger partial charge in [-0.3, -0.25) is 4.98 Å². The van der Waals surface area contributed by atoms with Crippen LogP contribution in [0.5, 0.6) is 0 Å². The molecular formula is C20H29N5. The molecule has 0 saturated carbocycles. The van der Waals surface area contributed by atoms with Crippen molar-refractivity contribution in [3.63, 3.8) is 0 Å². The fourth-order valence-corrected chi connectivity index (χ4v) is 3.62. The van der Waals surface area contributed by atoms with Gasteiger partial charge < -0.3 is 14.8 Å². The predicted octanol–water partition coefficient (Wildman–Crippen LogP) is 3.96. The average Bonchev–Trinajstić information content (AvgIpc) is 2.94. The van der Waals surface area contributed by atoms with Gasteiger partial charge >= 0.3 is 0 Å². The lowest BCUT2D eigenvalue weighted by molar-refractivity contribution is 0.298. The van der Waals surface area contributed by atoms with Crippen LogP contribution >= 0.6 is 0 Å². The third kappa shape index (κ3) is 3.47. The van der Waals surface area contributed by atoms with E-state index in [1.807, 2.05) is 18.6 Å². The van der Waals surface area contributed by atoms with Gasteiger partial charge in [-0.25, -0.2) is 4.98 Å². The van der Waals surface area contributed by atoms with Crippen molar-refractivity contribution < 1.29 is 0 Å². The van der Waals surface area contributed by atoms with Crippen molar-refractivity contribution in [2.45, 2.75) is 33.6 Å². The van der Waals surface area contributed by atoms with Crippen molar-refractivity contribution in [3.8, 4) is 0 Å². The van der Waals surface area contributed by atoms with Crippen molar-refractivity contribution in [1.82, 2.24) is 19.4 Å². The van der Waals surface area contributed by atoms with E-state index >= 15 is 0 Å². The van der Waals surface area contributed by atoms with Gasteiger partial charge in [0.1, 0.15) is 5.82 Å². The molecule has 5 heteroatoms. The minimum atomic E-state index is 0.947. The number of aromatic nitrogens is 3. The van der Waals surface area contributed by atoms with Gasteiger partial charge in [-0.15, -0.1) is 0 Å². The zero-order valence-corrected chi connectivity index (χ0v) is 15.8. The molecule has 0 fully saturated rings. The maximum absolute atomic E-state index is 4.67. The minimum absolute atomic E-state index is 0.947. The zero-order valence-electron chi connectivity index (χ0n) is 15.8. The van der Waals surface area contributed by atoms with Crippen LogP contribution in [-0.2, 0) is 7.05 Å². The highest BCUT2D eigenvalue weighted by molar-refractivity contribution is 6.13. The summed E-state index contributed by atoms with van der Waals surface area (Å²) in [6.07, 6.45) is 8.12. The van der Waals surface area contributed by atoms with Gasteiger partial charge in [-0.05, 0) is 51.0 Å². The molecule has 134 valence electrons. The third-order valence-electron chi connectivity index (χ3n) is 5.09. The van der Waals surface area contributed by atoms with E-state index in [-0.39, 0.29) is 0 Å². The van der Waals surface area contributed by atoms with Gasteiger partial charge in [0.2, 0.25) is 0 Å². The summed E-state index contributed by atoms with van der Waals surface area (Å²) in [4.78, 5) is 11.5. The van der Waals surface area contributed by atoms with E-state index < -0.39 is 0 Å². The van der Waals surface area contributed by atoms with Crippen molar-refractivity contribution in [2.75, 3.05) is 31.5 Å². The van der Waals surface area contributed by atoms with E-state index in [1.54, 1.807) is 0 Å². The van der Waals surface area contributed by atoms with Crippen molar-refractivity contribution >= 4 is 27.6 Å². The molecule has 0 bridgehead atoms. The summed E-state index contributed by atoms with van der Waals surface area (Å²) >= 11 is 0. The van der Waals surface area contributed by atoms with Crippen LogP contribution in [0.25, 0.3) is 21.8 Å². The van der Waals surface area contributed by atoms with Crippen LogP contribution in [0.1, 0.15) is 32.3 Å². The Bertz CT molecular complexity index is 848. The molecule has 0 aromatic carbocycles. The Balaban J connectivity index is 1.78. The van der Waals surface area contributed by atoms with E-state index in [0.29, 0.717) is 0 Å².